The normalized spacial score (nSPS) is 18.6. The van der Waals surface area contributed by atoms with Crippen LogP contribution in [0.5, 0.6) is 0 Å². The lowest BCUT2D eigenvalue weighted by atomic mass is 10.3. The van der Waals surface area contributed by atoms with Crippen LogP contribution in [-0.4, -0.2) is 45.8 Å². The number of carbonyl (C=O) groups excluding carboxylic acids is 3. The zero-order valence-corrected chi connectivity index (χ0v) is 15.1. The number of amides is 3. The smallest absolute Gasteiger partial charge is 0.327 e. The van der Waals surface area contributed by atoms with Crippen molar-refractivity contribution >= 4 is 57.1 Å². The van der Waals surface area contributed by atoms with Crippen LogP contribution in [0.15, 0.2) is 28.7 Å². The highest BCUT2D eigenvalue weighted by Crippen LogP contribution is 2.31. The third-order valence-corrected chi connectivity index (χ3v) is 5.10. The second kappa shape index (κ2) is 7.80. The Morgan fingerprint density at radius 1 is 1.46 bits per heavy atom. The summed E-state index contributed by atoms with van der Waals surface area (Å²) in [5.74, 6) is -2.35. The molecule has 0 aromatic heterocycles. The SMILES string of the molecule is CC(=O)NC(CSC1CC(=O)N(c2cccc(Br)c2)C1=O)C(=O)O. The number of hydrogen-bond donors (Lipinski definition) is 2. The minimum absolute atomic E-state index is 0.00240. The molecule has 0 bridgehead atoms. The summed E-state index contributed by atoms with van der Waals surface area (Å²) in [5, 5.41) is 10.7. The highest BCUT2D eigenvalue weighted by Gasteiger charge is 2.40. The standard InChI is InChI=1S/C15H15BrN2O5S/c1-8(19)17-11(15(22)23)7-24-12-6-13(20)18(14(12)21)10-4-2-3-9(16)5-10/h2-5,11-12H,6-7H2,1H3,(H,17,19)(H,22,23). The van der Waals surface area contributed by atoms with E-state index < -0.39 is 23.2 Å². The second-order valence-corrected chi connectivity index (χ2v) is 7.32. The van der Waals surface area contributed by atoms with Crippen LogP contribution in [0, 0.1) is 0 Å². The number of carbonyl (C=O) groups is 4. The van der Waals surface area contributed by atoms with Gasteiger partial charge in [0.1, 0.15) is 6.04 Å². The van der Waals surface area contributed by atoms with Gasteiger partial charge in [0.25, 0.3) is 0 Å². The van der Waals surface area contributed by atoms with Gasteiger partial charge < -0.3 is 10.4 Å². The van der Waals surface area contributed by atoms with E-state index in [4.69, 9.17) is 5.11 Å². The molecular weight excluding hydrogens is 400 g/mol. The number of aliphatic carboxylic acids is 1. The second-order valence-electron chi connectivity index (χ2n) is 5.16. The number of imide groups is 1. The molecule has 2 unspecified atom stereocenters. The number of anilines is 1. The molecule has 0 radical (unpaired) electrons. The van der Waals surface area contributed by atoms with Crippen molar-refractivity contribution in [3.05, 3.63) is 28.7 Å². The van der Waals surface area contributed by atoms with Gasteiger partial charge >= 0.3 is 5.97 Å². The van der Waals surface area contributed by atoms with Gasteiger partial charge in [-0.2, -0.15) is 0 Å². The summed E-state index contributed by atoms with van der Waals surface area (Å²) in [6, 6.07) is 5.73. The van der Waals surface area contributed by atoms with Gasteiger partial charge in [0.2, 0.25) is 17.7 Å². The average Bonchev–Trinajstić information content (AvgIpc) is 2.77. The fourth-order valence-electron chi connectivity index (χ4n) is 2.25. The van der Waals surface area contributed by atoms with Crippen LogP contribution in [0.1, 0.15) is 13.3 Å². The Balaban J connectivity index is 2.06. The van der Waals surface area contributed by atoms with Gasteiger partial charge in [0, 0.05) is 23.6 Å². The molecule has 128 valence electrons. The summed E-state index contributed by atoms with van der Waals surface area (Å²) in [7, 11) is 0. The van der Waals surface area contributed by atoms with Crippen LogP contribution in [0.2, 0.25) is 0 Å². The van der Waals surface area contributed by atoms with E-state index in [0.717, 1.165) is 21.1 Å². The maximum Gasteiger partial charge on any atom is 0.327 e. The van der Waals surface area contributed by atoms with E-state index in [-0.39, 0.29) is 24.0 Å². The number of nitrogens with one attached hydrogen (secondary N) is 1. The molecule has 1 aromatic rings. The number of nitrogens with zero attached hydrogens (tertiary/aromatic N) is 1. The quantitative estimate of drug-likeness (QED) is 0.681. The predicted octanol–water partition coefficient (Wildman–Crippen LogP) is 1.40. The average molecular weight is 415 g/mol. The summed E-state index contributed by atoms with van der Waals surface area (Å²) < 4.78 is 0.744. The van der Waals surface area contributed by atoms with E-state index in [2.05, 4.69) is 21.2 Å². The zero-order chi connectivity index (χ0) is 17.9. The van der Waals surface area contributed by atoms with Crippen molar-refractivity contribution in [2.24, 2.45) is 0 Å². The largest absolute Gasteiger partial charge is 0.480 e. The van der Waals surface area contributed by atoms with Crippen LogP contribution in [0.4, 0.5) is 5.69 Å². The molecule has 0 spiro atoms. The van der Waals surface area contributed by atoms with Gasteiger partial charge in [-0.25, -0.2) is 9.69 Å². The summed E-state index contributed by atoms with van der Waals surface area (Å²) >= 11 is 4.35. The molecule has 7 nitrogen and oxygen atoms in total. The lowest BCUT2D eigenvalue weighted by Gasteiger charge is -2.16. The zero-order valence-electron chi connectivity index (χ0n) is 12.7. The third-order valence-electron chi connectivity index (χ3n) is 3.31. The molecular formula is C15H15BrN2O5S. The van der Waals surface area contributed by atoms with Crippen molar-refractivity contribution < 1.29 is 24.3 Å². The van der Waals surface area contributed by atoms with E-state index in [1.54, 1.807) is 24.3 Å². The Bertz CT molecular complexity index is 696. The monoisotopic (exact) mass is 414 g/mol. The molecule has 2 atom stereocenters. The van der Waals surface area contributed by atoms with Crippen molar-refractivity contribution in [1.29, 1.82) is 0 Å². The number of hydrogen-bond acceptors (Lipinski definition) is 5. The minimum atomic E-state index is -1.18. The Labute approximate surface area is 150 Å². The van der Waals surface area contributed by atoms with Crippen LogP contribution >= 0.6 is 27.7 Å². The number of carboxylic acid groups (broad SMARTS) is 1. The first-order valence-electron chi connectivity index (χ1n) is 7.03. The van der Waals surface area contributed by atoms with Gasteiger partial charge in [-0.1, -0.05) is 22.0 Å². The topological polar surface area (TPSA) is 104 Å². The lowest BCUT2D eigenvalue weighted by molar-refractivity contribution is -0.140. The van der Waals surface area contributed by atoms with E-state index in [1.807, 2.05) is 0 Å². The van der Waals surface area contributed by atoms with E-state index in [0.29, 0.717) is 5.69 Å². The van der Waals surface area contributed by atoms with Crippen LogP contribution in [-0.2, 0) is 19.2 Å². The molecule has 1 saturated heterocycles. The first kappa shape index (κ1) is 18.5. The summed E-state index contributed by atoms with van der Waals surface area (Å²) in [6.45, 7) is 1.22. The fraction of sp³-hybridized carbons (Fsp3) is 0.333. The number of benzene rings is 1. The van der Waals surface area contributed by atoms with Crippen LogP contribution in [0.3, 0.4) is 0 Å². The molecule has 0 saturated carbocycles. The number of halogens is 1. The Kier molecular flexibility index (Phi) is 6.00. The summed E-state index contributed by atoms with van der Waals surface area (Å²) in [4.78, 5) is 47.9. The van der Waals surface area contributed by atoms with Crippen LogP contribution in [0.25, 0.3) is 0 Å². The minimum Gasteiger partial charge on any atom is -0.480 e. The van der Waals surface area contributed by atoms with Crippen molar-refractivity contribution in [3.63, 3.8) is 0 Å². The molecule has 2 rings (SSSR count). The first-order chi connectivity index (χ1) is 11.3. The molecule has 2 N–H and O–H groups in total. The molecule has 1 aromatic carbocycles. The maximum absolute atomic E-state index is 12.5. The van der Waals surface area contributed by atoms with Gasteiger partial charge in [-0.15, -0.1) is 11.8 Å². The number of thioether (sulfide) groups is 1. The van der Waals surface area contributed by atoms with Gasteiger partial charge in [-0.05, 0) is 18.2 Å². The molecule has 1 aliphatic heterocycles. The maximum atomic E-state index is 12.5. The summed E-state index contributed by atoms with van der Waals surface area (Å²) in [6.07, 6.45) is 0.00240. The van der Waals surface area contributed by atoms with Gasteiger partial charge in [-0.3, -0.25) is 14.4 Å². The van der Waals surface area contributed by atoms with Crippen molar-refractivity contribution in [2.45, 2.75) is 24.6 Å². The van der Waals surface area contributed by atoms with Crippen molar-refractivity contribution in [2.75, 3.05) is 10.7 Å². The molecule has 9 heteroatoms. The van der Waals surface area contributed by atoms with Crippen molar-refractivity contribution in [3.8, 4) is 0 Å². The molecule has 1 heterocycles. The number of rotatable bonds is 6. The third kappa shape index (κ3) is 4.35. The summed E-state index contributed by atoms with van der Waals surface area (Å²) in [5.41, 5.74) is 0.471. The first-order valence-corrected chi connectivity index (χ1v) is 8.87. The van der Waals surface area contributed by atoms with E-state index in [9.17, 15) is 19.2 Å². The van der Waals surface area contributed by atoms with Crippen molar-refractivity contribution in [1.82, 2.24) is 5.32 Å². The fourth-order valence-corrected chi connectivity index (χ4v) is 3.80. The molecule has 0 aliphatic carbocycles. The van der Waals surface area contributed by atoms with Crippen LogP contribution < -0.4 is 10.2 Å². The molecule has 3 amide bonds. The van der Waals surface area contributed by atoms with Gasteiger partial charge in [0.05, 0.1) is 10.9 Å². The Morgan fingerprint density at radius 3 is 2.75 bits per heavy atom. The molecule has 24 heavy (non-hydrogen) atoms. The Hall–Kier alpha value is -1.87. The number of carboxylic acids is 1. The molecule has 1 aliphatic rings. The lowest BCUT2D eigenvalue weighted by Crippen LogP contribution is -2.42. The van der Waals surface area contributed by atoms with E-state index >= 15 is 0 Å². The predicted molar refractivity (Wildman–Crippen MR) is 92.7 cm³/mol. The molecule has 1 fully saturated rings. The Morgan fingerprint density at radius 2 is 2.17 bits per heavy atom. The highest BCUT2D eigenvalue weighted by atomic mass is 79.9. The highest BCUT2D eigenvalue weighted by molar-refractivity contribution is 9.10. The van der Waals surface area contributed by atoms with E-state index in [1.165, 1.54) is 6.92 Å². The van der Waals surface area contributed by atoms with Gasteiger partial charge in [0.15, 0.2) is 0 Å².